The van der Waals surface area contributed by atoms with E-state index in [9.17, 15) is 4.79 Å². The molecule has 2 aromatic heterocycles. The summed E-state index contributed by atoms with van der Waals surface area (Å²) < 4.78 is 1.80. The van der Waals surface area contributed by atoms with Crippen molar-refractivity contribution in [2.24, 2.45) is 7.05 Å². The number of hydrogen-bond donors (Lipinski definition) is 1. The summed E-state index contributed by atoms with van der Waals surface area (Å²) in [6.45, 7) is 8.19. The van der Waals surface area contributed by atoms with Crippen LogP contribution in [0.4, 0.5) is 5.13 Å². The second-order valence-electron chi connectivity index (χ2n) is 6.41. The molecule has 0 saturated heterocycles. The maximum Gasteiger partial charge on any atom is 0.239 e. The van der Waals surface area contributed by atoms with E-state index in [1.54, 1.807) is 10.9 Å². The third-order valence-corrected chi connectivity index (χ3v) is 6.40. The Bertz CT molecular complexity index is 941. The molecule has 0 aliphatic heterocycles. The Morgan fingerprint density at radius 2 is 1.93 bits per heavy atom. The monoisotopic (exact) mass is 402 g/mol. The molecule has 1 atom stereocenters. The van der Waals surface area contributed by atoms with Crippen molar-refractivity contribution in [1.82, 2.24) is 25.0 Å². The maximum absolute atomic E-state index is 12.7. The number of rotatable bonds is 6. The Kier molecular flexibility index (Phi) is 5.91. The third kappa shape index (κ3) is 4.36. The van der Waals surface area contributed by atoms with Crippen LogP contribution in [-0.4, -0.2) is 36.1 Å². The van der Waals surface area contributed by atoms with Crippen LogP contribution in [0.2, 0.25) is 0 Å². The number of carbonyl (C=O) groups is 1. The van der Waals surface area contributed by atoms with Crippen molar-refractivity contribution in [2.45, 2.75) is 44.5 Å². The Balaban J connectivity index is 1.75. The zero-order valence-electron chi connectivity index (χ0n) is 16.0. The van der Waals surface area contributed by atoms with Crippen molar-refractivity contribution in [3.05, 3.63) is 35.2 Å². The lowest BCUT2D eigenvalue weighted by atomic mass is 10.0. The predicted molar refractivity (Wildman–Crippen MR) is 109 cm³/mol. The normalized spacial score (nSPS) is 12.2. The summed E-state index contributed by atoms with van der Waals surface area (Å²) in [4.78, 5) is 12.7. The van der Waals surface area contributed by atoms with Gasteiger partial charge in [0.2, 0.25) is 11.0 Å². The fourth-order valence-corrected chi connectivity index (χ4v) is 4.72. The van der Waals surface area contributed by atoms with Crippen LogP contribution in [0.1, 0.15) is 30.0 Å². The van der Waals surface area contributed by atoms with Gasteiger partial charge in [-0.1, -0.05) is 47.7 Å². The molecule has 0 bridgehead atoms. The molecular formula is C18H22N6OS2. The average molecular weight is 403 g/mol. The average Bonchev–Trinajstić information content (AvgIpc) is 3.21. The summed E-state index contributed by atoms with van der Waals surface area (Å²) in [5, 5.41) is 21.0. The number of nitrogens with zero attached hydrogens (tertiary/aromatic N) is 5. The summed E-state index contributed by atoms with van der Waals surface area (Å²) in [6, 6.07) is 4.26. The number of amides is 1. The molecule has 1 unspecified atom stereocenters. The molecule has 0 aliphatic carbocycles. The third-order valence-electron chi connectivity index (χ3n) is 4.13. The Morgan fingerprint density at radius 1 is 1.22 bits per heavy atom. The molecule has 0 fully saturated rings. The molecule has 7 nitrogen and oxygen atoms in total. The number of thioether (sulfide) groups is 1. The lowest BCUT2D eigenvalue weighted by molar-refractivity contribution is -0.115. The van der Waals surface area contributed by atoms with Gasteiger partial charge >= 0.3 is 0 Å². The van der Waals surface area contributed by atoms with Crippen LogP contribution in [0.3, 0.4) is 0 Å². The van der Waals surface area contributed by atoms with E-state index in [0.717, 1.165) is 21.7 Å². The molecule has 3 aromatic rings. The van der Waals surface area contributed by atoms with E-state index < -0.39 is 0 Å². The van der Waals surface area contributed by atoms with E-state index in [4.69, 9.17) is 0 Å². The van der Waals surface area contributed by atoms with E-state index >= 15 is 0 Å². The van der Waals surface area contributed by atoms with Gasteiger partial charge in [-0.2, -0.15) is 0 Å². The van der Waals surface area contributed by atoms with Crippen LogP contribution in [0.25, 0.3) is 10.6 Å². The van der Waals surface area contributed by atoms with Crippen LogP contribution in [0.5, 0.6) is 0 Å². The first-order valence-corrected chi connectivity index (χ1v) is 10.3. The first-order valence-electron chi connectivity index (χ1n) is 8.62. The number of benzene rings is 1. The van der Waals surface area contributed by atoms with Crippen molar-refractivity contribution >= 4 is 34.1 Å². The Morgan fingerprint density at radius 3 is 2.52 bits per heavy atom. The van der Waals surface area contributed by atoms with E-state index in [1.807, 2.05) is 14.0 Å². The molecule has 1 N–H and O–H groups in total. The molecule has 0 aliphatic rings. The van der Waals surface area contributed by atoms with Crippen molar-refractivity contribution in [3.8, 4) is 10.6 Å². The number of carbonyl (C=O) groups excluding carboxylic acids is 1. The van der Waals surface area contributed by atoms with E-state index in [1.165, 1.54) is 28.7 Å². The standard InChI is InChI=1S/C18H22N6OS2/c1-6-13(26-18-23-19-9-24(18)5)15(25)20-17-22-21-16(27-17)14-11(3)7-10(2)8-12(14)4/h7-9,13H,6H2,1-5H3,(H,20,22,25). The lowest BCUT2D eigenvalue weighted by Crippen LogP contribution is -2.24. The van der Waals surface area contributed by atoms with Crippen molar-refractivity contribution < 1.29 is 4.79 Å². The van der Waals surface area contributed by atoms with Crippen LogP contribution in [0.15, 0.2) is 23.6 Å². The molecule has 1 aromatic carbocycles. The number of anilines is 1. The van der Waals surface area contributed by atoms with E-state index in [0.29, 0.717) is 16.7 Å². The molecule has 0 saturated carbocycles. The second-order valence-corrected chi connectivity index (χ2v) is 8.56. The van der Waals surface area contributed by atoms with Gasteiger partial charge in [-0.05, 0) is 38.3 Å². The molecule has 2 heterocycles. The van der Waals surface area contributed by atoms with Gasteiger partial charge in [-0.25, -0.2) is 0 Å². The zero-order valence-corrected chi connectivity index (χ0v) is 17.6. The molecule has 27 heavy (non-hydrogen) atoms. The first-order chi connectivity index (χ1) is 12.9. The highest BCUT2D eigenvalue weighted by molar-refractivity contribution is 8.00. The Labute approximate surface area is 166 Å². The van der Waals surface area contributed by atoms with Gasteiger partial charge in [-0.3, -0.25) is 10.1 Å². The fraction of sp³-hybridized carbons (Fsp3) is 0.389. The highest BCUT2D eigenvalue weighted by Gasteiger charge is 2.22. The number of aryl methyl sites for hydroxylation is 4. The Hall–Kier alpha value is -2.26. The highest BCUT2D eigenvalue weighted by Crippen LogP contribution is 2.33. The number of nitrogens with one attached hydrogen (secondary N) is 1. The van der Waals surface area contributed by atoms with Gasteiger partial charge in [0.15, 0.2) is 5.16 Å². The summed E-state index contributed by atoms with van der Waals surface area (Å²) in [5.41, 5.74) is 4.62. The number of aromatic nitrogens is 5. The molecule has 3 rings (SSSR count). The van der Waals surface area contributed by atoms with E-state index in [-0.39, 0.29) is 11.2 Å². The van der Waals surface area contributed by atoms with Crippen molar-refractivity contribution in [2.75, 3.05) is 5.32 Å². The van der Waals surface area contributed by atoms with Crippen LogP contribution in [0, 0.1) is 20.8 Å². The van der Waals surface area contributed by atoms with E-state index in [2.05, 4.69) is 58.6 Å². The maximum atomic E-state index is 12.7. The van der Waals surface area contributed by atoms with Crippen molar-refractivity contribution in [3.63, 3.8) is 0 Å². The topological polar surface area (TPSA) is 85.6 Å². The molecule has 9 heteroatoms. The largest absolute Gasteiger partial charge is 0.312 e. The van der Waals surface area contributed by atoms with Gasteiger partial charge in [0.1, 0.15) is 11.3 Å². The fourth-order valence-electron chi connectivity index (χ4n) is 2.91. The van der Waals surface area contributed by atoms with Crippen LogP contribution < -0.4 is 5.32 Å². The van der Waals surface area contributed by atoms with Gasteiger partial charge in [0.25, 0.3) is 0 Å². The quantitative estimate of drug-likeness (QED) is 0.632. The number of hydrogen-bond acceptors (Lipinski definition) is 7. The molecule has 1 amide bonds. The SMILES string of the molecule is CCC(Sc1nncn1C)C(=O)Nc1nnc(-c2c(C)cc(C)cc2C)s1. The highest BCUT2D eigenvalue weighted by atomic mass is 32.2. The first kappa shape index (κ1) is 19.5. The molecular weight excluding hydrogens is 380 g/mol. The summed E-state index contributed by atoms with van der Waals surface area (Å²) in [5.74, 6) is -0.106. The van der Waals surface area contributed by atoms with Crippen LogP contribution >= 0.6 is 23.1 Å². The lowest BCUT2D eigenvalue weighted by Gasteiger charge is -2.12. The van der Waals surface area contributed by atoms with Gasteiger partial charge in [0.05, 0.1) is 5.25 Å². The summed E-state index contributed by atoms with van der Waals surface area (Å²) in [6.07, 6.45) is 2.29. The van der Waals surface area contributed by atoms with Crippen LogP contribution in [-0.2, 0) is 11.8 Å². The molecule has 142 valence electrons. The minimum absolute atomic E-state index is 0.106. The minimum Gasteiger partial charge on any atom is -0.312 e. The van der Waals surface area contributed by atoms with Gasteiger partial charge < -0.3 is 4.57 Å². The predicted octanol–water partition coefficient (Wildman–Crippen LogP) is 3.77. The minimum atomic E-state index is -0.275. The summed E-state index contributed by atoms with van der Waals surface area (Å²) >= 11 is 2.78. The van der Waals surface area contributed by atoms with Gasteiger partial charge in [-0.15, -0.1) is 20.4 Å². The van der Waals surface area contributed by atoms with Gasteiger partial charge in [0, 0.05) is 12.6 Å². The second kappa shape index (κ2) is 8.18. The zero-order chi connectivity index (χ0) is 19.6. The van der Waals surface area contributed by atoms with Crippen molar-refractivity contribution in [1.29, 1.82) is 0 Å². The summed E-state index contributed by atoms with van der Waals surface area (Å²) in [7, 11) is 1.86. The smallest absolute Gasteiger partial charge is 0.239 e. The molecule has 0 spiro atoms. The molecule has 0 radical (unpaired) electrons.